The lowest BCUT2D eigenvalue weighted by Gasteiger charge is -2.07. The minimum Gasteiger partial charge on any atom is -0.346 e. The summed E-state index contributed by atoms with van der Waals surface area (Å²) < 4.78 is 46.0. The standard InChI is InChI=1S/C7H13F3N2O2S/c8-7(9,10)5-12-6(13)4-15(14)3-1-2-11/h1-5,11H2,(H,12,13). The van der Waals surface area contributed by atoms with Crippen LogP contribution in [0, 0.1) is 0 Å². The van der Waals surface area contributed by atoms with Crippen molar-refractivity contribution >= 4 is 16.7 Å². The van der Waals surface area contributed by atoms with Crippen LogP contribution in [0.15, 0.2) is 0 Å². The van der Waals surface area contributed by atoms with E-state index in [2.05, 4.69) is 0 Å². The highest BCUT2D eigenvalue weighted by Crippen LogP contribution is 2.11. The smallest absolute Gasteiger partial charge is 0.346 e. The van der Waals surface area contributed by atoms with Crippen molar-refractivity contribution in [2.24, 2.45) is 5.73 Å². The van der Waals surface area contributed by atoms with Crippen molar-refractivity contribution in [3.8, 4) is 0 Å². The molecule has 90 valence electrons. The molecule has 8 heteroatoms. The summed E-state index contributed by atoms with van der Waals surface area (Å²) in [7, 11) is -1.44. The molecule has 1 amide bonds. The summed E-state index contributed by atoms with van der Waals surface area (Å²) in [4.78, 5) is 10.8. The third kappa shape index (κ3) is 9.67. The fourth-order valence-electron chi connectivity index (χ4n) is 0.713. The van der Waals surface area contributed by atoms with E-state index in [1.807, 2.05) is 0 Å². The van der Waals surface area contributed by atoms with Gasteiger partial charge < -0.3 is 11.1 Å². The molecule has 0 fully saturated rings. The number of carbonyl (C=O) groups excluding carboxylic acids is 1. The Kier molecular flexibility index (Phi) is 6.50. The molecule has 15 heavy (non-hydrogen) atoms. The summed E-state index contributed by atoms with van der Waals surface area (Å²) in [5.41, 5.74) is 5.14. The van der Waals surface area contributed by atoms with Crippen LogP contribution in [-0.4, -0.2) is 40.9 Å². The Morgan fingerprint density at radius 3 is 2.47 bits per heavy atom. The molecule has 0 aliphatic carbocycles. The van der Waals surface area contributed by atoms with Gasteiger partial charge in [0, 0.05) is 16.6 Å². The summed E-state index contributed by atoms with van der Waals surface area (Å²) in [5, 5.41) is 1.64. The normalized spacial score (nSPS) is 13.6. The quantitative estimate of drug-likeness (QED) is 0.679. The van der Waals surface area contributed by atoms with Gasteiger partial charge in [0.25, 0.3) is 0 Å². The summed E-state index contributed by atoms with van der Waals surface area (Å²) in [5.74, 6) is -1.03. The molecule has 0 heterocycles. The molecule has 0 aromatic carbocycles. The van der Waals surface area contributed by atoms with Gasteiger partial charge in [0.05, 0.1) is 0 Å². The number of halogens is 3. The first-order valence-corrected chi connectivity index (χ1v) is 5.72. The monoisotopic (exact) mass is 246 g/mol. The third-order valence-electron chi connectivity index (χ3n) is 1.35. The zero-order chi connectivity index (χ0) is 11.9. The van der Waals surface area contributed by atoms with Gasteiger partial charge in [-0.2, -0.15) is 13.2 Å². The maximum absolute atomic E-state index is 11.6. The van der Waals surface area contributed by atoms with E-state index in [0.29, 0.717) is 13.0 Å². The molecule has 0 saturated heterocycles. The molecule has 0 spiro atoms. The lowest BCUT2D eigenvalue weighted by atomic mass is 10.5. The highest BCUT2D eigenvalue weighted by atomic mass is 32.2. The summed E-state index contributed by atoms with van der Waals surface area (Å²) >= 11 is 0. The van der Waals surface area contributed by atoms with Crippen LogP contribution in [0.4, 0.5) is 13.2 Å². The fourth-order valence-corrected chi connectivity index (χ4v) is 1.74. The molecular formula is C7H13F3N2O2S. The van der Waals surface area contributed by atoms with Crippen molar-refractivity contribution in [1.29, 1.82) is 0 Å². The molecule has 1 unspecified atom stereocenters. The van der Waals surface area contributed by atoms with Crippen molar-refractivity contribution in [3.05, 3.63) is 0 Å². The number of alkyl halides is 3. The largest absolute Gasteiger partial charge is 0.405 e. The number of amides is 1. The SMILES string of the molecule is NCCCS(=O)CC(=O)NCC(F)(F)F. The predicted octanol–water partition coefficient (Wildman–Crippen LogP) is -0.238. The maximum Gasteiger partial charge on any atom is 0.405 e. The first-order chi connectivity index (χ1) is 6.85. The van der Waals surface area contributed by atoms with Crippen LogP contribution in [0.25, 0.3) is 0 Å². The van der Waals surface area contributed by atoms with E-state index < -0.39 is 35.2 Å². The van der Waals surface area contributed by atoms with E-state index in [0.717, 1.165) is 0 Å². The second-order valence-corrected chi connectivity index (χ2v) is 4.40. The van der Waals surface area contributed by atoms with Gasteiger partial charge in [-0.05, 0) is 13.0 Å². The Morgan fingerprint density at radius 1 is 1.40 bits per heavy atom. The van der Waals surface area contributed by atoms with E-state index >= 15 is 0 Å². The van der Waals surface area contributed by atoms with E-state index in [1.54, 1.807) is 5.32 Å². The lowest BCUT2D eigenvalue weighted by molar-refractivity contribution is -0.136. The number of nitrogens with two attached hydrogens (primary N) is 1. The van der Waals surface area contributed by atoms with Gasteiger partial charge in [-0.1, -0.05) is 0 Å². The Morgan fingerprint density at radius 2 is 2.00 bits per heavy atom. The minimum atomic E-state index is -4.44. The van der Waals surface area contributed by atoms with Crippen LogP contribution in [0.3, 0.4) is 0 Å². The van der Waals surface area contributed by atoms with E-state index in [9.17, 15) is 22.2 Å². The second kappa shape index (κ2) is 6.78. The molecule has 0 rings (SSSR count). The van der Waals surface area contributed by atoms with Crippen LogP contribution in [-0.2, 0) is 15.6 Å². The summed E-state index contributed by atoms with van der Waals surface area (Å²) in [6, 6.07) is 0. The summed E-state index contributed by atoms with van der Waals surface area (Å²) in [6.45, 7) is -1.05. The number of carbonyl (C=O) groups is 1. The van der Waals surface area contributed by atoms with Gasteiger partial charge in [0.2, 0.25) is 5.91 Å². The highest BCUT2D eigenvalue weighted by molar-refractivity contribution is 7.85. The number of hydrogen-bond acceptors (Lipinski definition) is 3. The molecule has 0 aliphatic heterocycles. The number of rotatable bonds is 6. The molecule has 0 radical (unpaired) electrons. The van der Waals surface area contributed by atoms with Crippen LogP contribution >= 0.6 is 0 Å². The van der Waals surface area contributed by atoms with Gasteiger partial charge in [-0.3, -0.25) is 9.00 Å². The van der Waals surface area contributed by atoms with Crippen LogP contribution < -0.4 is 11.1 Å². The number of nitrogens with one attached hydrogen (secondary N) is 1. The fraction of sp³-hybridized carbons (Fsp3) is 0.857. The first-order valence-electron chi connectivity index (χ1n) is 4.23. The molecule has 0 aliphatic rings. The Balaban J connectivity index is 3.70. The van der Waals surface area contributed by atoms with Gasteiger partial charge in [0.1, 0.15) is 12.3 Å². The Bertz CT molecular complexity index is 233. The zero-order valence-corrected chi connectivity index (χ0v) is 8.79. The van der Waals surface area contributed by atoms with Crippen LogP contribution in [0.2, 0.25) is 0 Å². The van der Waals surface area contributed by atoms with Gasteiger partial charge in [0.15, 0.2) is 0 Å². The minimum absolute atomic E-state index is 0.232. The topological polar surface area (TPSA) is 72.2 Å². The van der Waals surface area contributed by atoms with E-state index in [-0.39, 0.29) is 5.75 Å². The lowest BCUT2D eigenvalue weighted by Crippen LogP contribution is -2.36. The van der Waals surface area contributed by atoms with E-state index in [4.69, 9.17) is 5.73 Å². The van der Waals surface area contributed by atoms with E-state index in [1.165, 1.54) is 0 Å². The summed E-state index contributed by atoms with van der Waals surface area (Å²) in [6.07, 6.45) is -3.95. The third-order valence-corrected chi connectivity index (χ3v) is 2.68. The van der Waals surface area contributed by atoms with Crippen molar-refractivity contribution < 1.29 is 22.2 Å². The highest BCUT2D eigenvalue weighted by Gasteiger charge is 2.27. The van der Waals surface area contributed by atoms with Crippen molar-refractivity contribution in [2.75, 3.05) is 24.6 Å². The number of hydrogen-bond donors (Lipinski definition) is 2. The predicted molar refractivity (Wildman–Crippen MR) is 50.6 cm³/mol. The maximum atomic E-state index is 11.6. The zero-order valence-electron chi connectivity index (χ0n) is 7.97. The first kappa shape index (κ1) is 14.4. The Labute approximate surface area is 87.9 Å². The molecule has 0 aromatic heterocycles. The van der Waals surface area contributed by atoms with Crippen molar-refractivity contribution in [2.45, 2.75) is 12.6 Å². The van der Waals surface area contributed by atoms with Crippen molar-refractivity contribution in [3.63, 3.8) is 0 Å². The molecule has 1 atom stereocenters. The van der Waals surface area contributed by atoms with Crippen LogP contribution in [0.5, 0.6) is 0 Å². The van der Waals surface area contributed by atoms with Gasteiger partial charge in [-0.15, -0.1) is 0 Å². The average molecular weight is 246 g/mol. The molecule has 0 bridgehead atoms. The molecule has 3 N–H and O–H groups in total. The second-order valence-electron chi connectivity index (χ2n) is 2.82. The van der Waals surface area contributed by atoms with Crippen LogP contribution in [0.1, 0.15) is 6.42 Å². The molecular weight excluding hydrogens is 233 g/mol. The van der Waals surface area contributed by atoms with Gasteiger partial charge in [-0.25, -0.2) is 0 Å². The van der Waals surface area contributed by atoms with Gasteiger partial charge >= 0.3 is 6.18 Å². The Hall–Kier alpha value is -0.630. The molecule has 0 saturated carbocycles. The molecule has 4 nitrogen and oxygen atoms in total. The average Bonchev–Trinajstić information content (AvgIpc) is 2.10. The van der Waals surface area contributed by atoms with Crippen molar-refractivity contribution in [1.82, 2.24) is 5.32 Å². The molecule has 0 aromatic rings.